The summed E-state index contributed by atoms with van der Waals surface area (Å²) in [6.45, 7) is 0.0157. The summed E-state index contributed by atoms with van der Waals surface area (Å²) >= 11 is 1.43. The maximum absolute atomic E-state index is 12.2. The van der Waals surface area contributed by atoms with Gasteiger partial charge in [0.1, 0.15) is 11.5 Å². The molecule has 0 saturated heterocycles. The van der Waals surface area contributed by atoms with E-state index in [-0.39, 0.29) is 12.5 Å². The number of hydrogen-bond donors (Lipinski definition) is 2. The Morgan fingerprint density at radius 3 is 2.87 bits per heavy atom. The summed E-state index contributed by atoms with van der Waals surface area (Å²) < 4.78 is 1.56. The van der Waals surface area contributed by atoms with Crippen LogP contribution in [0.15, 0.2) is 18.3 Å². The first-order valence-corrected chi connectivity index (χ1v) is 8.26. The number of primary amides is 1. The molecular weight excluding hydrogens is 314 g/mol. The number of aryl methyl sites for hydroxylation is 1. The lowest BCUT2D eigenvalue weighted by molar-refractivity contribution is -0.116. The van der Waals surface area contributed by atoms with Crippen molar-refractivity contribution in [3.05, 3.63) is 40.0 Å². The number of fused-ring (bicyclic) bond motifs is 1. The fraction of sp³-hybridized carbons (Fsp3) is 0.312. The molecule has 0 atom stereocenters. The molecule has 2 amide bonds. The van der Waals surface area contributed by atoms with E-state index < -0.39 is 5.91 Å². The van der Waals surface area contributed by atoms with E-state index in [2.05, 4.69) is 5.32 Å². The molecule has 3 rings (SSSR count). The molecule has 3 N–H and O–H groups in total. The Balaban J connectivity index is 1.82. The Hall–Kier alpha value is -2.41. The van der Waals surface area contributed by atoms with Gasteiger partial charge in [-0.25, -0.2) is 0 Å². The van der Waals surface area contributed by atoms with Crippen molar-refractivity contribution in [2.75, 3.05) is 5.32 Å². The molecule has 1 aliphatic rings. The maximum Gasteiger partial charge on any atom is 0.251 e. The molecule has 120 valence electrons. The monoisotopic (exact) mass is 331 g/mol. The van der Waals surface area contributed by atoms with Gasteiger partial charge in [0.25, 0.3) is 5.91 Å². The summed E-state index contributed by atoms with van der Waals surface area (Å²) in [5.74, 6) is -0.792. The van der Waals surface area contributed by atoms with Crippen molar-refractivity contribution in [1.29, 1.82) is 0 Å². The highest BCUT2D eigenvalue weighted by molar-refractivity contribution is 7.17. The van der Waals surface area contributed by atoms with Crippen LogP contribution in [0.5, 0.6) is 0 Å². The third-order valence-corrected chi connectivity index (χ3v) is 5.18. The number of aromatic nitrogens is 1. The van der Waals surface area contributed by atoms with Gasteiger partial charge in [0.2, 0.25) is 5.91 Å². The van der Waals surface area contributed by atoms with Crippen LogP contribution < -0.4 is 11.1 Å². The van der Waals surface area contributed by atoms with Crippen molar-refractivity contribution in [2.45, 2.75) is 32.2 Å². The largest absolute Gasteiger partial charge is 0.365 e. The zero-order valence-electron chi connectivity index (χ0n) is 12.5. The molecule has 1 aliphatic carbocycles. The van der Waals surface area contributed by atoms with Crippen LogP contribution in [0.1, 0.15) is 44.1 Å². The number of nitrogens with one attached hydrogen (secondary N) is 1. The predicted molar refractivity (Wildman–Crippen MR) is 87.9 cm³/mol. The van der Waals surface area contributed by atoms with E-state index in [0.29, 0.717) is 22.5 Å². The van der Waals surface area contributed by atoms with Crippen LogP contribution in [0.2, 0.25) is 0 Å². The molecule has 6 nitrogen and oxygen atoms in total. The molecule has 0 saturated carbocycles. The van der Waals surface area contributed by atoms with Crippen molar-refractivity contribution < 1.29 is 14.4 Å². The number of carbonyl (C=O) groups excluding carboxylic acids is 3. The Bertz CT molecular complexity index is 776. The molecule has 0 unspecified atom stereocenters. The van der Waals surface area contributed by atoms with E-state index in [4.69, 9.17) is 5.73 Å². The highest BCUT2D eigenvalue weighted by Crippen LogP contribution is 2.37. The first kappa shape index (κ1) is 15.5. The molecule has 7 heteroatoms. The molecule has 0 spiro atoms. The molecule has 23 heavy (non-hydrogen) atoms. The normalized spacial score (nSPS) is 13.4. The summed E-state index contributed by atoms with van der Waals surface area (Å²) in [4.78, 5) is 36.0. The van der Waals surface area contributed by atoms with E-state index >= 15 is 0 Å². The van der Waals surface area contributed by atoms with Gasteiger partial charge in [-0.2, -0.15) is 0 Å². The molecule has 2 heterocycles. The topological polar surface area (TPSA) is 94.2 Å². The second-order valence-corrected chi connectivity index (χ2v) is 6.61. The summed E-state index contributed by atoms with van der Waals surface area (Å²) in [5, 5.41) is 3.30. The minimum absolute atomic E-state index is 0.0157. The molecule has 0 radical (unpaired) electrons. The number of carbonyl (C=O) groups is 3. The molecule has 0 aromatic carbocycles. The number of anilines is 1. The third-order valence-electron chi connectivity index (χ3n) is 3.97. The Labute approximate surface area is 137 Å². The Morgan fingerprint density at radius 2 is 2.13 bits per heavy atom. The van der Waals surface area contributed by atoms with Crippen molar-refractivity contribution in [3.8, 4) is 0 Å². The van der Waals surface area contributed by atoms with Crippen LogP contribution in [-0.4, -0.2) is 22.7 Å². The second-order valence-electron chi connectivity index (χ2n) is 5.51. The lowest BCUT2D eigenvalue weighted by Crippen LogP contribution is -2.22. The predicted octanol–water partition coefficient (Wildman–Crippen LogP) is 1.98. The molecule has 0 bridgehead atoms. The Morgan fingerprint density at radius 1 is 1.35 bits per heavy atom. The van der Waals surface area contributed by atoms with Gasteiger partial charge in [-0.15, -0.1) is 11.3 Å². The first-order chi connectivity index (χ1) is 11.1. The van der Waals surface area contributed by atoms with E-state index in [1.54, 1.807) is 22.9 Å². The van der Waals surface area contributed by atoms with Crippen LogP contribution in [0.25, 0.3) is 0 Å². The lowest BCUT2D eigenvalue weighted by atomic mass is 9.95. The average Bonchev–Trinajstić information content (AvgIpc) is 3.10. The van der Waals surface area contributed by atoms with E-state index in [1.807, 2.05) is 0 Å². The summed E-state index contributed by atoms with van der Waals surface area (Å²) in [6, 6.07) is 3.34. The number of nitrogens with two attached hydrogens (primary N) is 1. The van der Waals surface area contributed by atoms with E-state index in [0.717, 1.165) is 36.1 Å². The summed E-state index contributed by atoms with van der Waals surface area (Å²) in [6.07, 6.45) is 6.23. The fourth-order valence-electron chi connectivity index (χ4n) is 2.91. The highest BCUT2D eigenvalue weighted by atomic mass is 32.1. The van der Waals surface area contributed by atoms with Gasteiger partial charge in [0.05, 0.1) is 11.3 Å². The number of thiophene rings is 1. The SMILES string of the molecule is NC(=O)c1c(NC(=O)Cn2cccc2C=O)sc2c1CCCC2. The zero-order chi connectivity index (χ0) is 16.4. The number of amides is 2. The maximum atomic E-state index is 12.2. The smallest absolute Gasteiger partial charge is 0.251 e. The van der Waals surface area contributed by atoms with Gasteiger partial charge < -0.3 is 15.6 Å². The van der Waals surface area contributed by atoms with E-state index in [9.17, 15) is 14.4 Å². The standard InChI is InChI=1S/C16H17N3O3S/c17-15(22)14-11-5-1-2-6-12(11)23-16(14)18-13(21)8-19-7-3-4-10(19)9-20/h3-4,7,9H,1-2,5-6,8H2,(H2,17,22)(H,18,21). The number of nitrogens with zero attached hydrogens (tertiary/aromatic N) is 1. The quantitative estimate of drug-likeness (QED) is 0.820. The highest BCUT2D eigenvalue weighted by Gasteiger charge is 2.24. The van der Waals surface area contributed by atoms with Crippen LogP contribution >= 0.6 is 11.3 Å². The minimum Gasteiger partial charge on any atom is -0.365 e. The van der Waals surface area contributed by atoms with E-state index in [1.165, 1.54) is 11.3 Å². The van der Waals surface area contributed by atoms with Crippen LogP contribution in [0.4, 0.5) is 5.00 Å². The average molecular weight is 331 g/mol. The van der Waals surface area contributed by atoms with Crippen LogP contribution in [0, 0.1) is 0 Å². The minimum atomic E-state index is -0.505. The lowest BCUT2D eigenvalue weighted by Gasteiger charge is -2.11. The van der Waals surface area contributed by atoms with Gasteiger partial charge in [-0.1, -0.05) is 0 Å². The van der Waals surface area contributed by atoms with Crippen molar-refractivity contribution in [1.82, 2.24) is 4.57 Å². The second kappa shape index (κ2) is 6.37. The fourth-order valence-corrected chi connectivity index (χ4v) is 4.22. The van der Waals surface area contributed by atoms with Crippen LogP contribution in [0.3, 0.4) is 0 Å². The first-order valence-electron chi connectivity index (χ1n) is 7.44. The van der Waals surface area contributed by atoms with Crippen molar-refractivity contribution >= 4 is 34.4 Å². The van der Waals surface area contributed by atoms with Gasteiger partial charge in [0.15, 0.2) is 6.29 Å². The summed E-state index contributed by atoms with van der Waals surface area (Å²) in [7, 11) is 0. The number of rotatable bonds is 5. The molecule has 0 aliphatic heterocycles. The molecule has 2 aromatic rings. The number of hydrogen-bond acceptors (Lipinski definition) is 4. The molecule has 2 aromatic heterocycles. The zero-order valence-corrected chi connectivity index (χ0v) is 13.3. The van der Waals surface area contributed by atoms with Gasteiger partial charge >= 0.3 is 0 Å². The van der Waals surface area contributed by atoms with Gasteiger partial charge in [0, 0.05) is 11.1 Å². The van der Waals surface area contributed by atoms with Crippen LogP contribution in [-0.2, 0) is 24.2 Å². The van der Waals surface area contributed by atoms with Gasteiger partial charge in [-0.05, 0) is 43.4 Å². The third kappa shape index (κ3) is 3.05. The van der Waals surface area contributed by atoms with Crippen molar-refractivity contribution in [2.24, 2.45) is 5.73 Å². The molecular formula is C16H17N3O3S. The van der Waals surface area contributed by atoms with Crippen molar-refractivity contribution in [3.63, 3.8) is 0 Å². The summed E-state index contributed by atoms with van der Waals surface area (Å²) in [5.41, 5.74) is 7.37. The van der Waals surface area contributed by atoms with Gasteiger partial charge in [-0.3, -0.25) is 14.4 Å². The number of aldehydes is 1. The Kier molecular flexibility index (Phi) is 4.29. The molecule has 0 fully saturated rings.